The summed E-state index contributed by atoms with van der Waals surface area (Å²) in [7, 11) is 0. The van der Waals surface area contributed by atoms with Gasteiger partial charge in [0.2, 0.25) is 0 Å². The average Bonchev–Trinajstić information content (AvgIpc) is 2.61. The summed E-state index contributed by atoms with van der Waals surface area (Å²) in [6.07, 6.45) is -0.684. The summed E-state index contributed by atoms with van der Waals surface area (Å²) >= 11 is 12.0. The standard InChI is InChI=1S/C11H12Cl2N2O4S/c1-11(2,3)19-10(18)15-9-14-5(4-20-9)6(7(12)13)8(16)17/h4H,1-3H3,(H,16,17)(H,14,15,18). The molecule has 1 amide bonds. The lowest BCUT2D eigenvalue weighted by molar-refractivity contribution is -0.130. The number of carboxylic acid groups (broad SMARTS) is 1. The summed E-state index contributed by atoms with van der Waals surface area (Å²) in [6.45, 7) is 5.16. The second-order valence-electron chi connectivity index (χ2n) is 4.61. The first-order chi connectivity index (χ1) is 9.10. The van der Waals surface area contributed by atoms with E-state index in [-0.39, 0.29) is 16.4 Å². The zero-order valence-electron chi connectivity index (χ0n) is 10.9. The van der Waals surface area contributed by atoms with Crippen LogP contribution < -0.4 is 5.32 Å². The monoisotopic (exact) mass is 338 g/mol. The maximum Gasteiger partial charge on any atom is 0.413 e. The van der Waals surface area contributed by atoms with Crippen LogP contribution in [0.15, 0.2) is 9.87 Å². The quantitative estimate of drug-likeness (QED) is 0.820. The fourth-order valence-corrected chi connectivity index (χ4v) is 2.17. The number of carbonyl (C=O) groups is 2. The first-order valence-corrected chi connectivity index (χ1v) is 6.98. The minimum Gasteiger partial charge on any atom is -0.478 e. The third kappa shape index (κ3) is 4.99. The van der Waals surface area contributed by atoms with Crippen LogP contribution in [0.2, 0.25) is 0 Å². The van der Waals surface area contributed by atoms with Crippen molar-refractivity contribution in [2.24, 2.45) is 0 Å². The number of hydrogen-bond donors (Lipinski definition) is 2. The van der Waals surface area contributed by atoms with Crippen LogP contribution in [0.5, 0.6) is 0 Å². The molecule has 1 aromatic rings. The minimum absolute atomic E-state index is 0.0635. The van der Waals surface area contributed by atoms with Gasteiger partial charge in [0, 0.05) is 5.38 Å². The largest absolute Gasteiger partial charge is 0.478 e. The number of hydrogen-bond acceptors (Lipinski definition) is 5. The number of thiazole rings is 1. The zero-order valence-corrected chi connectivity index (χ0v) is 13.2. The summed E-state index contributed by atoms with van der Waals surface area (Å²) in [4.78, 5) is 26.4. The molecule has 0 radical (unpaired) electrons. The summed E-state index contributed by atoms with van der Waals surface area (Å²) in [6, 6.07) is 0. The molecule has 0 aliphatic heterocycles. The predicted octanol–water partition coefficient (Wildman–Crippen LogP) is 3.72. The topological polar surface area (TPSA) is 88.5 Å². The van der Waals surface area contributed by atoms with E-state index in [1.807, 2.05) is 0 Å². The van der Waals surface area contributed by atoms with Crippen LogP contribution >= 0.6 is 34.5 Å². The highest BCUT2D eigenvalue weighted by Crippen LogP contribution is 2.27. The van der Waals surface area contributed by atoms with E-state index in [1.165, 1.54) is 5.38 Å². The SMILES string of the molecule is CC(C)(C)OC(=O)Nc1nc(C(C(=O)O)=C(Cl)Cl)cs1. The number of halogens is 2. The number of carboxylic acids is 1. The van der Waals surface area contributed by atoms with Crippen LogP contribution in [0.4, 0.5) is 9.93 Å². The van der Waals surface area contributed by atoms with Gasteiger partial charge in [0.15, 0.2) is 5.13 Å². The highest BCUT2D eigenvalue weighted by molar-refractivity contribution is 7.14. The second-order valence-corrected chi connectivity index (χ2v) is 6.41. The van der Waals surface area contributed by atoms with Crippen molar-refractivity contribution in [1.82, 2.24) is 4.98 Å². The molecule has 0 aliphatic carbocycles. The highest BCUT2D eigenvalue weighted by Gasteiger charge is 2.20. The Bertz CT molecular complexity index is 559. The molecule has 1 rings (SSSR count). The summed E-state index contributed by atoms with van der Waals surface area (Å²) in [5.41, 5.74) is -0.911. The van der Waals surface area contributed by atoms with Gasteiger partial charge in [-0.15, -0.1) is 11.3 Å². The van der Waals surface area contributed by atoms with E-state index in [0.29, 0.717) is 0 Å². The number of anilines is 1. The second kappa shape index (κ2) is 6.43. The Kier molecular flexibility index (Phi) is 5.38. The molecular formula is C11H12Cl2N2O4S. The minimum atomic E-state index is -1.31. The molecule has 0 saturated heterocycles. The number of rotatable bonds is 3. The molecule has 2 N–H and O–H groups in total. The number of nitrogens with one attached hydrogen (secondary N) is 1. The van der Waals surface area contributed by atoms with Gasteiger partial charge < -0.3 is 9.84 Å². The van der Waals surface area contributed by atoms with E-state index >= 15 is 0 Å². The average molecular weight is 339 g/mol. The van der Waals surface area contributed by atoms with Gasteiger partial charge in [-0.05, 0) is 20.8 Å². The van der Waals surface area contributed by atoms with Gasteiger partial charge in [0.1, 0.15) is 15.7 Å². The van der Waals surface area contributed by atoms with E-state index in [0.717, 1.165) is 11.3 Å². The molecule has 0 bridgehead atoms. The molecule has 0 unspecified atom stereocenters. The molecule has 0 spiro atoms. The van der Waals surface area contributed by atoms with Gasteiger partial charge >= 0.3 is 12.1 Å². The summed E-state index contributed by atoms with van der Waals surface area (Å²) in [5, 5.41) is 13.0. The molecule has 0 saturated carbocycles. The van der Waals surface area contributed by atoms with Crippen molar-refractivity contribution in [1.29, 1.82) is 0 Å². The smallest absolute Gasteiger partial charge is 0.413 e. The maximum absolute atomic E-state index is 11.5. The van der Waals surface area contributed by atoms with Crippen LogP contribution in [-0.4, -0.2) is 27.8 Å². The van der Waals surface area contributed by atoms with Gasteiger partial charge in [0.05, 0.1) is 5.69 Å². The van der Waals surface area contributed by atoms with Gasteiger partial charge in [-0.1, -0.05) is 23.2 Å². The van der Waals surface area contributed by atoms with Crippen LogP contribution in [0.1, 0.15) is 26.5 Å². The molecule has 110 valence electrons. The fourth-order valence-electron chi connectivity index (χ4n) is 1.12. The number of aliphatic carboxylic acids is 1. The fraction of sp³-hybridized carbons (Fsp3) is 0.364. The molecule has 6 nitrogen and oxygen atoms in total. The van der Waals surface area contributed by atoms with Crippen molar-refractivity contribution in [3.05, 3.63) is 15.6 Å². The molecule has 0 fully saturated rings. The van der Waals surface area contributed by atoms with Crippen molar-refractivity contribution in [2.45, 2.75) is 26.4 Å². The number of aromatic nitrogens is 1. The third-order valence-corrected chi connectivity index (χ3v) is 2.91. The number of carbonyl (C=O) groups excluding carboxylic acids is 1. The Morgan fingerprint density at radius 1 is 1.40 bits per heavy atom. The molecular weight excluding hydrogens is 327 g/mol. The van der Waals surface area contributed by atoms with Crippen LogP contribution in [0, 0.1) is 0 Å². The molecule has 0 aromatic carbocycles. The Balaban J connectivity index is 2.86. The summed E-state index contributed by atoms with van der Waals surface area (Å²) < 4.78 is 4.63. The lowest BCUT2D eigenvalue weighted by Gasteiger charge is -2.18. The lowest BCUT2D eigenvalue weighted by atomic mass is 10.2. The van der Waals surface area contributed by atoms with Gasteiger partial charge in [-0.2, -0.15) is 0 Å². The van der Waals surface area contributed by atoms with Crippen LogP contribution in [0.25, 0.3) is 5.57 Å². The molecule has 1 aromatic heterocycles. The highest BCUT2D eigenvalue weighted by atomic mass is 35.5. The van der Waals surface area contributed by atoms with Crippen molar-refractivity contribution in [3.63, 3.8) is 0 Å². The molecule has 1 heterocycles. The number of nitrogens with zero attached hydrogens (tertiary/aromatic N) is 1. The Morgan fingerprint density at radius 3 is 2.45 bits per heavy atom. The summed E-state index contributed by atoms with van der Waals surface area (Å²) in [5.74, 6) is -1.31. The zero-order chi connectivity index (χ0) is 15.5. The van der Waals surface area contributed by atoms with Crippen molar-refractivity contribution in [2.75, 3.05) is 5.32 Å². The molecule has 0 atom stereocenters. The Labute approximate surface area is 129 Å². The number of ether oxygens (including phenoxy) is 1. The number of amides is 1. The first kappa shape index (κ1) is 16.7. The van der Waals surface area contributed by atoms with Gasteiger partial charge in [-0.3, -0.25) is 5.32 Å². The normalized spacial score (nSPS) is 10.8. The maximum atomic E-state index is 11.5. The first-order valence-electron chi connectivity index (χ1n) is 5.34. The van der Waals surface area contributed by atoms with Crippen molar-refractivity contribution < 1.29 is 19.4 Å². The van der Waals surface area contributed by atoms with E-state index < -0.39 is 22.2 Å². The van der Waals surface area contributed by atoms with E-state index in [9.17, 15) is 9.59 Å². The van der Waals surface area contributed by atoms with Gasteiger partial charge in [-0.25, -0.2) is 14.6 Å². The molecule has 20 heavy (non-hydrogen) atoms. The van der Waals surface area contributed by atoms with Crippen molar-refractivity contribution in [3.8, 4) is 0 Å². The Hall–Kier alpha value is -1.31. The van der Waals surface area contributed by atoms with Crippen molar-refractivity contribution >= 4 is 57.3 Å². The van der Waals surface area contributed by atoms with Gasteiger partial charge in [0.25, 0.3) is 0 Å². The Morgan fingerprint density at radius 2 is 2.00 bits per heavy atom. The predicted molar refractivity (Wildman–Crippen MR) is 78.2 cm³/mol. The van der Waals surface area contributed by atoms with E-state index in [4.69, 9.17) is 33.0 Å². The third-order valence-electron chi connectivity index (χ3n) is 1.77. The van der Waals surface area contributed by atoms with E-state index in [2.05, 4.69) is 10.3 Å². The lowest BCUT2D eigenvalue weighted by Crippen LogP contribution is -2.27. The molecule has 0 aliphatic rings. The van der Waals surface area contributed by atoms with Crippen LogP contribution in [0.3, 0.4) is 0 Å². The molecule has 9 heteroatoms. The van der Waals surface area contributed by atoms with E-state index in [1.54, 1.807) is 20.8 Å². The van der Waals surface area contributed by atoms with Crippen LogP contribution in [-0.2, 0) is 9.53 Å².